The molecule has 2 amide bonds. The number of rotatable bonds is 6. The largest absolute Gasteiger partial charge is 0.340 e. The molecule has 0 bridgehead atoms. The van der Waals surface area contributed by atoms with E-state index in [9.17, 15) is 9.59 Å². The third kappa shape index (κ3) is 4.15. The zero-order valence-electron chi connectivity index (χ0n) is 15.1. The standard InChI is InChI=1S/C18H27N5O2/c1-3-16-19-9-14(10-20-16)21-18(25)13-8-17(24)23(11-13)12-15-6-5-7-22(15)4-2/h9-10,13,15H,3-8,11-12H2,1-2H3,(H,21,25)/t13-,15-/m1/s1. The number of anilines is 1. The fourth-order valence-corrected chi connectivity index (χ4v) is 3.74. The van der Waals surface area contributed by atoms with Gasteiger partial charge in [0.05, 0.1) is 24.0 Å². The van der Waals surface area contributed by atoms with Crippen LogP contribution in [0.25, 0.3) is 0 Å². The lowest BCUT2D eigenvalue weighted by atomic mass is 10.1. The van der Waals surface area contributed by atoms with Crippen molar-refractivity contribution < 1.29 is 9.59 Å². The van der Waals surface area contributed by atoms with Crippen LogP contribution >= 0.6 is 0 Å². The molecule has 3 rings (SSSR count). The summed E-state index contributed by atoms with van der Waals surface area (Å²) in [5.41, 5.74) is 0.584. The van der Waals surface area contributed by atoms with Gasteiger partial charge in [0.15, 0.2) is 0 Å². The van der Waals surface area contributed by atoms with Gasteiger partial charge in [-0.15, -0.1) is 0 Å². The van der Waals surface area contributed by atoms with Crippen molar-refractivity contribution in [2.75, 3.05) is 31.5 Å². The van der Waals surface area contributed by atoms with E-state index in [2.05, 4.69) is 27.1 Å². The maximum Gasteiger partial charge on any atom is 0.229 e. The summed E-state index contributed by atoms with van der Waals surface area (Å²) in [4.78, 5) is 37.4. The highest BCUT2D eigenvalue weighted by atomic mass is 16.2. The van der Waals surface area contributed by atoms with Gasteiger partial charge in [-0.3, -0.25) is 14.5 Å². The van der Waals surface area contributed by atoms with Gasteiger partial charge in [-0.1, -0.05) is 13.8 Å². The molecule has 0 radical (unpaired) electrons. The number of hydrogen-bond acceptors (Lipinski definition) is 5. The predicted octanol–water partition coefficient (Wildman–Crippen LogP) is 1.31. The molecule has 1 aromatic rings. The van der Waals surface area contributed by atoms with Crippen molar-refractivity contribution in [3.05, 3.63) is 18.2 Å². The lowest BCUT2D eigenvalue weighted by molar-refractivity contribution is -0.128. The van der Waals surface area contributed by atoms with E-state index in [1.165, 1.54) is 6.42 Å². The molecule has 0 saturated carbocycles. The van der Waals surface area contributed by atoms with Crippen molar-refractivity contribution in [1.29, 1.82) is 0 Å². The van der Waals surface area contributed by atoms with Gasteiger partial charge in [0.2, 0.25) is 11.8 Å². The Labute approximate surface area is 148 Å². The number of likely N-dealkylation sites (N-methyl/N-ethyl adjacent to an activating group) is 1. The van der Waals surface area contributed by atoms with Gasteiger partial charge in [0.1, 0.15) is 5.82 Å². The van der Waals surface area contributed by atoms with Crippen LogP contribution in [0, 0.1) is 5.92 Å². The third-order valence-electron chi connectivity index (χ3n) is 5.21. The molecule has 2 saturated heterocycles. The highest BCUT2D eigenvalue weighted by Crippen LogP contribution is 2.24. The van der Waals surface area contributed by atoms with Crippen LogP contribution in [0.5, 0.6) is 0 Å². The molecule has 2 aliphatic heterocycles. The number of aromatic nitrogens is 2. The van der Waals surface area contributed by atoms with Crippen LogP contribution < -0.4 is 5.32 Å². The predicted molar refractivity (Wildman–Crippen MR) is 95.0 cm³/mol. The highest BCUT2D eigenvalue weighted by Gasteiger charge is 2.36. The van der Waals surface area contributed by atoms with Gasteiger partial charge >= 0.3 is 0 Å². The molecule has 0 aliphatic carbocycles. The molecule has 2 atom stereocenters. The lowest BCUT2D eigenvalue weighted by Gasteiger charge is -2.27. The topological polar surface area (TPSA) is 78.4 Å². The van der Waals surface area contributed by atoms with Gasteiger partial charge < -0.3 is 10.2 Å². The fraction of sp³-hybridized carbons (Fsp3) is 0.667. The van der Waals surface area contributed by atoms with Crippen LogP contribution in [0.2, 0.25) is 0 Å². The first-order chi connectivity index (χ1) is 12.1. The van der Waals surface area contributed by atoms with Crippen LogP contribution in [0.1, 0.15) is 38.9 Å². The molecule has 1 N–H and O–H groups in total. The summed E-state index contributed by atoms with van der Waals surface area (Å²) >= 11 is 0. The third-order valence-corrected chi connectivity index (χ3v) is 5.21. The average molecular weight is 345 g/mol. The fourth-order valence-electron chi connectivity index (χ4n) is 3.74. The number of aryl methyl sites for hydroxylation is 1. The Morgan fingerprint density at radius 1 is 1.32 bits per heavy atom. The Bertz CT molecular complexity index is 618. The minimum Gasteiger partial charge on any atom is -0.340 e. The minimum absolute atomic E-state index is 0.0840. The number of nitrogens with zero attached hydrogens (tertiary/aromatic N) is 4. The molecule has 136 valence electrons. The first-order valence-electron chi connectivity index (χ1n) is 9.24. The minimum atomic E-state index is -0.296. The summed E-state index contributed by atoms with van der Waals surface area (Å²) in [6, 6.07) is 0.436. The highest BCUT2D eigenvalue weighted by molar-refractivity contribution is 5.97. The van der Waals surface area contributed by atoms with E-state index in [0.717, 1.165) is 38.3 Å². The van der Waals surface area contributed by atoms with Crippen LogP contribution in [0.15, 0.2) is 12.4 Å². The number of carbonyl (C=O) groups excluding carboxylic acids is 2. The molecule has 1 aromatic heterocycles. The van der Waals surface area contributed by atoms with Crippen molar-refractivity contribution >= 4 is 17.5 Å². The Balaban J connectivity index is 1.54. The summed E-state index contributed by atoms with van der Waals surface area (Å²) in [6.45, 7) is 7.52. The molecule has 7 nitrogen and oxygen atoms in total. The molecule has 3 heterocycles. The summed E-state index contributed by atoms with van der Waals surface area (Å²) in [5, 5.41) is 2.84. The Hall–Kier alpha value is -2.02. The smallest absolute Gasteiger partial charge is 0.229 e. The van der Waals surface area contributed by atoms with Gasteiger partial charge in [0, 0.05) is 32.0 Å². The van der Waals surface area contributed by atoms with Gasteiger partial charge in [-0.25, -0.2) is 9.97 Å². The normalized spacial score (nSPS) is 24.1. The summed E-state index contributed by atoms with van der Waals surface area (Å²) in [5.74, 6) is 0.412. The van der Waals surface area contributed by atoms with E-state index in [1.54, 1.807) is 12.4 Å². The second kappa shape index (κ2) is 7.91. The SMILES string of the molecule is CCc1ncc(NC(=O)[C@@H]2CC(=O)N(C[C@H]3CCCN3CC)C2)cn1. The van der Waals surface area contributed by atoms with Crippen molar-refractivity contribution in [2.24, 2.45) is 5.92 Å². The molecule has 2 aliphatic rings. The van der Waals surface area contributed by atoms with Crippen molar-refractivity contribution in [1.82, 2.24) is 19.8 Å². The van der Waals surface area contributed by atoms with E-state index >= 15 is 0 Å². The first-order valence-corrected chi connectivity index (χ1v) is 9.24. The molecular formula is C18H27N5O2. The maximum absolute atomic E-state index is 12.5. The van der Waals surface area contributed by atoms with Crippen molar-refractivity contribution in [3.63, 3.8) is 0 Å². The maximum atomic E-state index is 12.5. The molecule has 2 fully saturated rings. The quantitative estimate of drug-likeness (QED) is 0.841. The monoisotopic (exact) mass is 345 g/mol. The lowest BCUT2D eigenvalue weighted by Crippen LogP contribution is -2.41. The van der Waals surface area contributed by atoms with Crippen LogP contribution in [0.4, 0.5) is 5.69 Å². The van der Waals surface area contributed by atoms with E-state index in [-0.39, 0.29) is 17.7 Å². The zero-order valence-corrected chi connectivity index (χ0v) is 15.1. The second-order valence-electron chi connectivity index (χ2n) is 6.86. The summed E-state index contributed by atoms with van der Waals surface area (Å²) in [7, 11) is 0. The molecule has 0 aromatic carbocycles. The van der Waals surface area contributed by atoms with Gasteiger partial charge in [-0.05, 0) is 25.9 Å². The molecule has 25 heavy (non-hydrogen) atoms. The number of nitrogens with one attached hydrogen (secondary N) is 1. The van der Waals surface area contributed by atoms with Crippen LogP contribution in [-0.4, -0.2) is 63.8 Å². The average Bonchev–Trinajstić information content (AvgIpc) is 3.22. The van der Waals surface area contributed by atoms with Crippen molar-refractivity contribution in [2.45, 2.75) is 45.6 Å². The number of likely N-dealkylation sites (tertiary alicyclic amines) is 2. The first kappa shape index (κ1) is 17.8. The Kier molecular flexibility index (Phi) is 5.63. The Morgan fingerprint density at radius 3 is 2.76 bits per heavy atom. The van der Waals surface area contributed by atoms with E-state index in [4.69, 9.17) is 0 Å². The molecule has 0 spiro atoms. The van der Waals surface area contributed by atoms with E-state index in [1.807, 2.05) is 11.8 Å². The van der Waals surface area contributed by atoms with E-state index < -0.39 is 0 Å². The number of amides is 2. The molecule has 7 heteroatoms. The molecular weight excluding hydrogens is 318 g/mol. The van der Waals surface area contributed by atoms with Crippen molar-refractivity contribution in [3.8, 4) is 0 Å². The number of hydrogen-bond donors (Lipinski definition) is 1. The Morgan fingerprint density at radius 2 is 2.08 bits per heavy atom. The summed E-state index contributed by atoms with van der Waals surface area (Å²) < 4.78 is 0. The second-order valence-corrected chi connectivity index (χ2v) is 6.86. The summed E-state index contributed by atoms with van der Waals surface area (Å²) in [6.07, 6.45) is 6.62. The van der Waals surface area contributed by atoms with Gasteiger partial charge in [0.25, 0.3) is 0 Å². The van der Waals surface area contributed by atoms with E-state index in [0.29, 0.717) is 24.7 Å². The zero-order chi connectivity index (χ0) is 17.8. The molecule has 0 unspecified atom stereocenters. The van der Waals surface area contributed by atoms with Gasteiger partial charge in [-0.2, -0.15) is 0 Å². The van der Waals surface area contributed by atoms with Crippen LogP contribution in [0.3, 0.4) is 0 Å². The van der Waals surface area contributed by atoms with Crippen LogP contribution in [-0.2, 0) is 16.0 Å². The number of carbonyl (C=O) groups is 2.